The second-order valence-electron chi connectivity index (χ2n) is 5.10. The first-order chi connectivity index (χ1) is 10.1. The van der Waals surface area contributed by atoms with Gasteiger partial charge in [-0.25, -0.2) is 0 Å². The van der Waals surface area contributed by atoms with E-state index in [9.17, 15) is 9.59 Å². The van der Waals surface area contributed by atoms with Crippen molar-refractivity contribution in [3.05, 3.63) is 29.3 Å². The van der Waals surface area contributed by atoms with Crippen LogP contribution in [0, 0.1) is 0 Å². The number of carbonyl (C=O) groups is 2. The Morgan fingerprint density at radius 3 is 2.90 bits per heavy atom. The number of amides is 2. The molecule has 2 amide bonds. The summed E-state index contributed by atoms with van der Waals surface area (Å²) in [6.45, 7) is 4.64. The largest absolute Gasteiger partial charge is 0.346 e. The Bertz CT molecular complexity index is 521. The second-order valence-corrected chi connectivity index (χ2v) is 5.54. The summed E-state index contributed by atoms with van der Waals surface area (Å²) in [4.78, 5) is 25.9. The maximum Gasteiger partial charge on any atom is 0.313 e. The van der Waals surface area contributed by atoms with Crippen molar-refractivity contribution in [2.45, 2.75) is 25.8 Å². The number of anilines is 1. The molecule has 6 heteroatoms. The fourth-order valence-corrected chi connectivity index (χ4v) is 2.78. The van der Waals surface area contributed by atoms with Crippen molar-refractivity contribution >= 4 is 29.1 Å². The van der Waals surface area contributed by atoms with Gasteiger partial charge in [-0.3, -0.25) is 14.5 Å². The molecule has 0 unspecified atom stereocenters. The molecule has 1 aliphatic heterocycles. The summed E-state index contributed by atoms with van der Waals surface area (Å²) in [5, 5.41) is 5.74. The van der Waals surface area contributed by atoms with E-state index in [-0.39, 0.29) is 0 Å². The molecular weight excluding hydrogens is 290 g/mol. The highest BCUT2D eigenvalue weighted by molar-refractivity contribution is 6.39. The van der Waals surface area contributed by atoms with E-state index in [1.165, 1.54) is 0 Å². The van der Waals surface area contributed by atoms with Crippen LogP contribution in [0.3, 0.4) is 0 Å². The molecule has 0 radical (unpaired) electrons. The van der Waals surface area contributed by atoms with Gasteiger partial charge in [-0.15, -0.1) is 0 Å². The molecule has 1 aromatic carbocycles. The third kappa shape index (κ3) is 4.44. The molecule has 1 aliphatic rings. The molecule has 21 heavy (non-hydrogen) atoms. The second kappa shape index (κ2) is 7.43. The number of carbonyl (C=O) groups excluding carboxylic acids is 2. The van der Waals surface area contributed by atoms with E-state index in [2.05, 4.69) is 22.5 Å². The van der Waals surface area contributed by atoms with Gasteiger partial charge in [0, 0.05) is 23.3 Å². The average Bonchev–Trinajstić information content (AvgIpc) is 2.92. The number of likely N-dealkylation sites (N-methyl/N-ethyl adjacent to an activating group) is 1. The van der Waals surface area contributed by atoms with Gasteiger partial charge in [-0.1, -0.05) is 24.6 Å². The van der Waals surface area contributed by atoms with E-state index in [4.69, 9.17) is 11.6 Å². The van der Waals surface area contributed by atoms with Crippen LogP contribution < -0.4 is 10.6 Å². The van der Waals surface area contributed by atoms with Crippen LogP contribution in [0.25, 0.3) is 0 Å². The molecule has 0 aliphatic carbocycles. The van der Waals surface area contributed by atoms with E-state index in [1.54, 1.807) is 24.3 Å². The summed E-state index contributed by atoms with van der Waals surface area (Å²) in [5.41, 5.74) is 0.513. The van der Waals surface area contributed by atoms with Crippen molar-refractivity contribution < 1.29 is 9.59 Å². The predicted octanol–water partition coefficient (Wildman–Crippen LogP) is 1.88. The number of likely N-dealkylation sites (tertiary alicyclic amines) is 1. The molecule has 1 atom stereocenters. The zero-order valence-electron chi connectivity index (χ0n) is 12.1. The Morgan fingerprint density at radius 1 is 1.38 bits per heavy atom. The fraction of sp³-hybridized carbons (Fsp3) is 0.467. The lowest BCUT2D eigenvalue weighted by atomic mass is 10.2. The summed E-state index contributed by atoms with van der Waals surface area (Å²) in [6.07, 6.45) is 2.20. The van der Waals surface area contributed by atoms with Gasteiger partial charge in [0.05, 0.1) is 0 Å². The first kappa shape index (κ1) is 15.8. The van der Waals surface area contributed by atoms with Crippen molar-refractivity contribution in [1.29, 1.82) is 0 Å². The molecule has 0 spiro atoms. The van der Waals surface area contributed by atoms with Crippen molar-refractivity contribution in [1.82, 2.24) is 10.2 Å². The third-order valence-corrected chi connectivity index (χ3v) is 3.93. The number of nitrogens with one attached hydrogen (secondary N) is 2. The summed E-state index contributed by atoms with van der Waals surface area (Å²) < 4.78 is 0. The van der Waals surface area contributed by atoms with Gasteiger partial charge in [0.1, 0.15) is 0 Å². The van der Waals surface area contributed by atoms with Crippen LogP contribution in [0.1, 0.15) is 19.8 Å². The Balaban J connectivity index is 1.81. The van der Waals surface area contributed by atoms with Crippen molar-refractivity contribution in [3.8, 4) is 0 Å². The molecular formula is C15H20ClN3O2. The highest BCUT2D eigenvalue weighted by Crippen LogP contribution is 2.16. The minimum atomic E-state index is -0.668. The fourth-order valence-electron chi connectivity index (χ4n) is 2.59. The number of halogens is 1. The zero-order chi connectivity index (χ0) is 15.2. The SMILES string of the molecule is CCN1CCC[C@@H]1CNC(=O)C(=O)Nc1cccc(Cl)c1. The van der Waals surface area contributed by atoms with Gasteiger partial charge < -0.3 is 10.6 Å². The van der Waals surface area contributed by atoms with Crippen molar-refractivity contribution in [3.63, 3.8) is 0 Å². The Kier molecular flexibility index (Phi) is 5.59. The van der Waals surface area contributed by atoms with Gasteiger partial charge in [0.2, 0.25) is 0 Å². The molecule has 1 saturated heterocycles. The molecule has 1 aromatic rings. The van der Waals surface area contributed by atoms with Crippen LogP contribution in [0.2, 0.25) is 5.02 Å². The van der Waals surface area contributed by atoms with E-state index in [0.29, 0.717) is 23.3 Å². The molecule has 1 fully saturated rings. The lowest BCUT2D eigenvalue weighted by Gasteiger charge is -2.22. The quantitative estimate of drug-likeness (QED) is 0.835. The molecule has 5 nitrogen and oxygen atoms in total. The zero-order valence-corrected chi connectivity index (χ0v) is 12.8. The molecule has 114 valence electrons. The topological polar surface area (TPSA) is 61.4 Å². The molecule has 1 heterocycles. The van der Waals surface area contributed by atoms with Crippen LogP contribution in [0.5, 0.6) is 0 Å². The number of benzene rings is 1. The van der Waals surface area contributed by atoms with Gasteiger partial charge in [-0.2, -0.15) is 0 Å². The summed E-state index contributed by atoms with van der Waals surface area (Å²) in [5.74, 6) is -1.28. The van der Waals surface area contributed by atoms with Gasteiger partial charge >= 0.3 is 11.8 Å². The van der Waals surface area contributed by atoms with Crippen LogP contribution >= 0.6 is 11.6 Å². The molecule has 0 aromatic heterocycles. The Hall–Kier alpha value is -1.59. The maximum absolute atomic E-state index is 11.8. The smallest absolute Gasteiger partial charge is 0.313 e. The standard InChI is InChI=1S/C15H20ClN3O2/c1-2-19-8-4-7-13(19)10-17-14(20)15(21)18-12-6-3-5-11(16)9-12/h3,5-6,9,13H,2,4,7-8,10H2,1H3,(H,17,20)(H,18,21)/t13-/m1/s1. The first-order valence-corrected chi connectivity index (χ1v) is 7.56. The maximum atomic E-state index is 11.8. The Labute approximate surface area is 129 Å². The van der Waals surface area contributed by atoms with Gasteiger partial charge in [0.25, 0.3) is 0 Å². The highest BCUT2D eigenvalue weighted by Gasteiger charge is 2.24. The monoisotopic (exact) mass is 309 g/mol. The van der Waals surface area contributed by atoms with E-state index in [0.717, 1.165) is 25.9 Å². The number of hydrogen-bond donors (Lipinski definition) is 2. The number of hydrogen-bond acceptors (Lipinski definition) is 3. The first-order valence-electron chi connectivity index (χ1n) is 7.19. The van der Waals surface area contributed by atoms with Crippen LogP contribution in [-0.2, 0) is 9.59 Å². The number of rotatable bonds is 4. The molecule has 0 saturated carbocycles. The predicted molar refractivity (Wildman–Crippen MR) is 83.4 cm³/mol. The summed E-state index contributed by atoms with van der Waals surface area (Å²) >= 11 is 5.83. The van der Waals surface area contributed by atoms with Crippen LogP contribution in [0.4, 0.5) is 5.69 Å². The van der Waals surface area contributed by atoms with Crippen molar-refractivity contribution in [2.24, 2.45) is 0 Å². The number of nitrogens with zero attached hydrogens (tertiary/aromatic N) is 1. The van der Waals surface area contributed by atoms with Gasteiger partial charge in [0.15, 0.2) is 0 Å². The minimum absolute atomic E-state index is 0.331. The normalized spacial score (nSPS) is 18.5. The summed E-state index contributed by atoms with van der Waals surface area (Å²) in [6, 6.07) is 7.04. The van der Waals surface area contributed by atoms with E-state index >= 15 is 0 Å². The molecule has 2 rings (SSSR count). The molecule has 2 N–H and O–H groups in total. The van der Waals surface area contributed by atoms with E-state index in [1.807, 2.05) is 0 Å². The Morgan fingerprint density at radius 2 is 2.19 bits per heavy atom. The van der Waals surface area contributed by atoms with Crippen molar-refractivity contribution in [2.75, 3.05) is 25.0 Å². The average molecular weight is 310 g/mol. The highest BCUT2D eigenvalue weighted by atomic mass is 35.5. The third-order valence-electron chi connectivity index (χ3n) is 3.69. The lowest BCUT2D eigenvalue weighted by Crippen LogP contribution is -2.43. The van der Waals surface area contributed by atoms with E-state index < -0.39 is 11.8 Å². The lowest BCUT2D eigenvalue weighted by molar-refractivity contribution is -0.136. The van der Waals surface area contributed by atoms with Crippen LogP contribution in [-0.4, -0.2) is 42.4 Å². The van der Waals surface area contributed by atoms with Crippen LogP contribution in [0.15, 0.2) is 24.3 Å². The van der Waals surface area contributed by atoms with Gasteiger partial charge in [-0.05, 0) is 44.1 Å². The summed E-state index contributed by atoms with van der Waals surface area (Å²) in [7, 11) is 0. The molecule has 0 bridgehead atoms. The minimum Gasteiger partial charge on any atom is -0.346 e.